The first-order chi connectivity index (χ1) is 7.69. The molecule has 1 atom stereocenters. The first kappa shape index (κ1) is 11.6. The summed E-state index contributed by atoms with van der Waals surface area (Å²) in [5, 5.41) is 12.3. The monoisotopic (exact) mass is 223 g/mol. The van der Waals surface area contributed by atoms with E-state index in [4.69, 9.17) is 5.11 Å². The summed E-state index contributed by atoms with van der Waals surface area (Å²) < 4.78 is 12.7. The highest BCUT2D eigenvalue weighted by Crippen LogP contribution is 2.36. The Bertz CT molecular complexity index is 332. The highest BCUT2D eigenvalue weighted by molar-refractivity contribution is 5.23. The Hall–Kier alpha value is -0.930. The van der Waals surface area contributed by atoms with Gasteiger partial charge in [0.1, 0.15) is 5.82 Å². The van der Waals surface area contributed by atoms with Crippen LogP contribution < -0.4 is 5.32 Å². The number of nitrogens with one attached hydrogen (secondary N) is 1. The SMILES string of the molecule is CC(CO)NC1CC(c2ccc(F)cc2)C1. The summed E-state index contributed by atoms with van der Waals surface area (Å²) in [6, 6.07) is 7.44. The molecule has 1 aromatic rings. The molecule has 0 aromatic heterocycles. The van der Waals surface area contributed by atoms with E-state index in [1.807, 2.05) is 19.1 Å². The second-order valence-corrected chi connectivity index (χ2v) is 4.67. The van der Waals surface area contributed by atoms with E-state index < -0.39 is 0 Å². The molecule has 0 heterocycles. The van der Waals surface area contributed by atoms with Crippen molar-refractivity contribution in [3.63, 3.8) is 0 Å². The number of aliphatic hydroxyl groups is 1. The van der Waals surface area contributed by atoms with Gasteiger partial charge in [-0.25, -0.2) is 4.39 Å². The van der Waals surface area contributed by atoms with Crippen molar-refractivity contribution in [3.8, 4) is 0 Å². The maximum Gasteiger partial charge on any atom is 0.123 e. The quantitative estimate of drug-likeness (QED) is 0.818. The van der Waals surface area contributed by atoms with Gasteiger partial charge < -0.3 is 10.4 Å². The molecule has 1 fully saturated rings. The maximum atomic E-state index is 12.7. The third-order valence-electron chi connectivity index (χ3n) is 3.27. The molecule has 88 valence electrons. The summed E-state index contributed by atoms with van der Waals surface area (Å²) in [6.45, 7) is 2.16. The molecule has 0 saturated heterocycles. The lowest BCUT2D eigenvalue weighted by molar-refractivity contribution is 0.204. The number of benzene rings is 1. The average Bonchev–Trinajstić information content (AvgIpc) is 2.24. The molecule has 2 rings (SSSR count). The van der Waals surface area contributed by atoms with E-state index >= 15 is 0 Å². The Labute approximate surface area is 95.5 Å². The van der Waals surface area contributed by atoms with Gasteiger partial charge in [-0.15, -0.1) is 0 Å². The number of hydrogen-bond donors (Lipinski definition) is 2. The second-order valence-electron chi connectivity index (χ2n) is 4.67. The van der Waals surface area contributed by atoms with Crippen LogP contribution in [0.15, 0.2) is 24.3 Å². The Morgan fingerprint density at radius 3 is 2.56 bits per heavy atom. The normalized spacial score (nSPS) is 26.2. The molecular weight excluding hydrogens is 205 g/mol. The maximum absolute atomic E-state index is 12.7. The van der Waals surface area contributed by atoms with Crippen molar-refractivity contribution in [2.75, 3.05) is 6.61 Å². The lowest BCUT2D eigenvalue weighted by Gasteiger charge is -2.37. The van der Waals surface area contributed by atoms with Crippen molar-refractivity contribution < 1.29 is 9.50 Å². The lowest BCUT2D eigenvalue weighted by atomic mass is 9.75. The minimum atomic E-state index is -0.174. The van der Waals surface area contributed by atoms with Gasteiger partial charge in [-0.05, 0) is 43.4 Å². The van der Waals surface area contributed by atoms with Crippen LogP contribution in [0.3, 0.4) is 0 Å². The van der Waals surface area contributed by atoms with Gasteiger partial charge in [0.15, 0.2) is 0 Å². The van der Waals surface area contributed by atoms with Crippen LogP contribution in [-0.2, 0) is 0 Å². The number of halogens is 1. The first-order valence-electron chi connectivity index (χ1n) is 5.81. The van der Waals surface area contributed by atoms with Crippen LogP contribution >= 0.6 is 0 Å². The molecule has 0 bridgehead atoms. The number of aliphatic hydroxyl groups excluding tert-OH is 1. The first-order valence-corrected chi connectivity index (χ1v) is 5.81. The Morgan fingerprint density at radius 2 is 2.00 bits per heavy atom. The smallest absolute Gasteiger partial charge is 0.123 e. The van der Waals surface area contributed by atoms with Crippen molar-refractivity contribution in [2.24, 2.45) is 0 Å². The Balaban J connectivity index is 1.82. The van der Waals surface area contributed by atoms with Crippen LogP contribution in [0.4, 0.5) is 4.39 Å². The molecule has 1 aliphatic rings. The molecule has 1 aliphatic carbocycles. The van der Waals surface area contributed by atoms with E-state index in [0.717, 1.165) is 12.8 Å². The average molecular weight is 223 g/mol. The molecule has 16 heavy (non-hydrogen) atoms. The van der Waals surface area contributed by atoms with E-state index in [2.05, 4.69) is 5.32 Å². The van der Waals surface area contributed by atoms with Gasteiger partial charge in [-0.2, -0.15) is 0 Å². The highest BCUT2D eigenvalue weighted by atomic mass is 19.1. The summed E-state index contributed by atoms with van der Waals surface area (Å²) in [6.07, 6.45) is 2.16. The molecule has 2 nitrogen and oxygen atoms in total. The zero-order valence-electron chi connectivity index (χ0n) is 9.49. The predicted molar refractivity (Wildman–Crippen MR) is 61.8 cm³/mol. The van der Waals surface area contributed by atoms with Gasteiger partial charge in [-0.1, -0.05) is 12.1 Å². The van der Waals surface area contributed by atoms with Crippen LogP contribution in [0.5, 0.6) is 0 Å². The summed E-state index contributed by atoms with van der Waals surface area (Å²) in [5.41, 5.74) is 1.22. The van der Waals surface area contributed by atoms with E-state index in [1.54, 1.807) is 0 Å². The van der Waals surface area contributed by atoms with E-state index in [-0.39, 0.29) is 18.5 Å². The van der Waals surface area contributed by atoms with Crippen molar-refractivity contribution >= 4 is 0 Å². The fourth-order valence-electron chi connectivity index (χ4n) is 2.22. The molecular formula is C13H18FNO. The molecule has 0 spiro atoms. The number of hydrogen-bond acceptors (Lipinski definition) is 2. The van der Waals surface area contributed by atoms with Crippen LogP contribution in [0.25, 0.3) is 0 Å². The summed E-state index contributed by atoms with van der Waals surface area (Å²) in [5.74, 6) is 0.371. The van der Waals surface area contributed by atoms with Crippen LogP contribution in [0, 0.1) is 5.82 Å². The molecule has 3 heteroatoms. The van der Waals surface area contributed by atoms with Gasteiger partial charge in [0.05, 0.1) is 6.61 Å². The number of rotatable bonds is 4. The van der Waals surface area contributed by atoms with Gasteiger partial charge in [0, 0.05) is 12.1 Å². The third kappa shape index (κ3) is 2.60. The highest BCUT2D eigenvalue weighted by Gasteiger charge is 2.30. The van der Waals surface area contributed by atoms with Crippen molar-refractivity contribution in [1.82, 2.24) is 5.32 Å². The molecule has 0 aliphatic heterocycles. The Kier molecular flexibility index (Phi) is 3.56. The fraction of sp³-hybridized carbons (Fsp3) is 0.538. The molecule has 1 aromatic carbocycles. The Morgan fingerprint density at radius 1 is 1.38 bits per heavy atom. The minimum Gasteiger partial charge on any atom is -0.395 e. The molecule has 0 amide bonds. The van der Waals surface area contributed by atoms with Gasteiger partial charge in [0.2, 0.25) is 0 Å². The molecule has 2 N–H and O–H groups in total. The van der Waals surface area contributed by atoms with Crippen LogP contribution in [0.2, 0.25) is 0 Å². The van der Waals surface area contributed by atoms with Crippen LogP contribution in [-0.4, -0.2) is 23.8 Å². The van der Waals surface area contributed by atoms with E-state index in [9.17, 15) is 4.39 Å². The fourth-order valence-corrected chi connectivity index (χ4v) is 2.22. The third-order valence-corrected chi connectivity index (χ3v) is 3.27. The summed E-state index contributed by atoms with van der Waals surface area (Å²) in [4.78, 5) is 0. The summed E-state index contributed by atoms with van der Waals surface area (Å²) in [7, 11) is 0. The van der Waals surface area contributed by atoms with Gasteiger partial charge in [-0.3, -0.25) is 0 Å². The van der Waals surface area contributed by atoms with Gasteiger partial charge in [0.25, 0.3) is 0 Å². The lowest BCUT2D eigenvalue weighted by Crippen LogP contribution is -2.45. The van der Waals surface area contributed by atoms with Crippen LogP contribution in [0.1, 0.15) is 31.2 Å². The second kappa shape index (κ2) is 4.93. The predicted octanol–water partition coefficient (Wildman–Crippen LogP) is 2.04. The molecule has 0 radical (unpaired) electrons. The topological polar surface area (TPSA) is 32.3 Å². The molecule has 1 saturated carbocycles. The summed E-state index contributed by atoms with van der Waals surface area (Å²) >= 11 is 0. The largest absolute Gasteiger partial charge is 0.395 e. The van der Waals surface area contributed by atoms with E-state index in [0.29, 0.717) is 12.0 Å². The minimum absolute atomic E-state index is 0.166. The van der Waals surface area contributed by atoms with Gasteiger partial charge >= 0.3 is 0 Å². The van der Waals surface area contributed by atoms with Crippen molar-refractivity contribution in [3.05, 3.63) is 35.6 Å². The standard InChI is InChI=1S/C13H18FNO/c1-9(8-16)15-13-6-11(7-13)10-2-4-12(14)5-3-10/h2-5,9,11,13,15-16H,6-8H2,1H3. The van der Waals surface area contributed by atoms with E-state index in [1.165, 1.54) is 17.7 Å². The zero-order chi connectivity index (χ0) is 11.5. The molecule has 1 unspecified atom stereocenters. The van der Waals surface area contributed by atoms with Crippen molar-refractivity contribution in [2.45, 2.75) is 37.8 Å². The van der Waals surface area contributed by atoms with Crippen molar-refractivity contribution in [1.29, 1.82) is 0 Å². The zero-order valence-corrected chi connectivity index (χ0v) is 9.49.